The molecule has 1 heterocycles. The van der Waals surface area contributed by atoms with Gasteiger partial charge in [0.05, 0.1) is 23.8 Å². The highest BCUT2D eigenvalue weighted by molar-refractivity contribution is 5.86. The largest absolute Gasteiger partial charge is 0.481 e. The highest BCUT2D eigenvalue weighted by Gasteiger charge is 2.14. The van der Waals surface area contributed by atoms with Crippen LogP contribution < -0.4 is 0 Å². The summed E-state index contributed by atoms with van der Waals surface area (Å²) < 4.78 is 15.2. The van der Waals surface area contributed by atoms with Crippen LogP contribution in [0, 0.1) is 0 Å². The van der Waals surface area contributed by atoms with E-state index in [1.807, 2.05) is 32.2 Å². The van der Waals surface area contributed by atoms with E-state index in [9.17, 15) is 9.18 Å². The molecule has 0 aliphatic rings. The van der Waals surface area contributed by atoms with E-state index in [1.54, 1.807) is 27.9 Å². The van der Waals surface area contributed by atoms with Crippen LogP contribution in [0.1, 0.15) is 84.8 Å². The lowest BCUT2D eigenvalue weighted by molar-refractivity contribution is -0.137. The molecule has 37 heavy (non-hydrogen) atoms. The van der Waals surface area contributed by atoms with Gasteiger partial charge in [-0.05, 0) is 76.3 Å². The van der Waals surface area contributed by atoms with E-state index in [0.29, 0.717) is 43.3 Å². The maximum atomic E-state index is 13.4. The van der Waals surface area contributed by atoms with Crippen molar-refractivity contribution in [2.45, 2.75) is 85.6 Å². The molecular formula is C29H42FN5O2. The summed E-state index contributed by atoms with van der Waals surface area (Å²) >= 11 is 0. The minimum Gasteiger partial charge on any atom is -0.481 e. The first-order valence-corrected chi connectivity index (χ1v) is 12.8. The molecule has 0 atom stereocenters. The Morgan fingerprint density at radius 1 is 1.22 bits per heavy atom. The van der Waals surface area contributed by atoms with E-state index < -0.39 is 5.97 Å². The zero-order valence-electron chi connectivity index (χ0n) is 23.0. The lowest BCUT2D eigenvalue weighted by atomic mass is 10.0. The number of hydrogen-bond acceptors (Lipinski definition) is 4. The Morgan fingerprint density at radius 3 is 2.43 bits per heavy atom. The monoisotopic (exact) mass is 511 g/mol. The smallest absolute Gasteiger partial charge is 0.303 e. The molecule has 0 saturated carbocycles. The van der Waals surface area contributed by atoms with E-state index >= 15 is 0 Å². The standard InChI is InChI=1S/C29H42FN5O2/c1-8-22(6)26(19-20-34-21-27(32-33-34)24(9-2)10-3)31-28(15-13-14-16-29(36)37)35(12-5)25(11-4)18-17-23(7)30/h8,11-12,17-19,21,24H,4-5,9-10,13-16,20H2,1-3,6-7H3,(H,36,37)/b22-8-,23-17+,25-18+,26-19+,31-28-. The average molecular weight is 512 g/mol. The van der Waals surface area contributed by atoms with Crippen LogP contribution >= 0.6 is 0 Å². The fraction of sp³-hybridized carbons (Fsp3) is 0.448. The van der Waals surface area contributed by atoms with Crippen LogP contribution in [-0.2, 0) is 11.3 Å². The highest BCUT2D eigenvalue weighted by Crippen LogP contribution is 2.21. The second-order valence-electron chi connectivity index (χ2n) is 8.67. The number of rotatable bonds is 16. The predicted molar refractivity (Wildman–Crippen MR) is 150 cm³/mol. The molecule has 0 amide bonds. The van der Waals surface area contributed by atoms with E-state index in [1.165, 1.54) is 13.0 Å². The van der Waals surface area contributed by atoms with Gasteiger partial charge in [-0.3, -0.25) is 4.79 Å². The zero-order chi connectivity index (χ0) is 27.8. The van der Waals surface area contributed by atoms with Crippen molar-refractivity contribution >= 4 is 11.8 Å². The number of hydrogen-bond donors (Lipinski definition) is 1. The Morgan fingerprint density at radius 2 is 1.89 bits per heavy atom. The van der Waals surface area contributed by atoms with Crippen molar-refractivity contribution in [2.75, 3.05) is 0 Å². The van der Waals surface area contributed by atoms with Crippen molar-refractivity contribution in [3.8, 4) is 0 Å². The minimum absolute atomic E-state index is 0.0804. The number of aromatic nitrogens is 3. The number of aliphatic imine (C=N–C) groups is 1. The van der Waals surface area contributed by atoms with Crippen LogP contribution in [0.25, 0.3) is 0 Å². The second kappa shape index (κ2) is 17.0. The molecule has 8 heteroatoms. The van der Waals surface area contributed by atoms with Gasteiger partial charge < -0.3 is 10.0 Å². The molecule has 0 aliphatic carbocycles. The predicted octanol–water partition coefficient (Wildman–Crippen LogP) is 7.46. The maximum absolute atomic E-state index is 13.4. The fourth-order valence-electron chi connectivity index (χ4n) is 3.65. The van der Waals surface area contributed by atoms with Crippen LogP contribution in [0.5, 0.6) is 0 Å². The normalized spacial score (nSPS) is 13.8. The first kappa shape index (κ1) is 31.5. The van der Waals surface area contributed by atoms with Crippen LogP contribution in [0.2, 0.25) is 0 Å². The third-order valence-electron chi connectivity index (χ3n) is 5.99. The van der Waals surface area contributed by atoms with Gasteiger partial charge in [0, 0.05) is 36.9 Å². The number of amidine groups is 1. The minimum atomic E-state index is -0.833. The van der Waals surface area contributed by atoms with Crippen LogP contribution in [0.15, 0.2) is 83.7 Å². The summed E-state index contributed by atoms with van der Waals surface area (Å²) in [5, 5.41) is 17.7. The number of halogens is 1. The lowest BCUT2D eigenvalue weighted by Gasteiger charge is -2.24. The van der Waals surface area contributed by atoms with Crippen molar-refractivity contribution < 1.29 is 14.3 Å². The summed E-state index contributed by atoms with van der Waals surface area (Å²) in [4.78, 5) is 17.7. The third kappa shape index (κ3) is 10.9. The Balaban J connectivity index is 3.44. The third-order valence-corrected chi connectivity index (χ3v) is 5.99. The second-order valence-corrected chi connectivity index (χ2v) is 8.67. The molecule has 0 aromatic carbocycles. The topological polar surface area (TPSA) is 83.6 Å². The summed E-state index contributed by atoms with van der Waals surface area (Å²) in [6.07, 6.45) is 15.8. The average Bonchev–Trinajstić information content (AvgIpc) is 3.34. The molecule has 0 aliphatic heterocycles. The number of allylic oxidation sites excluding steroid dienone is 7. The molecule has 0 spiro atoms. The zero-order valence-corrected chi connectivity index (χ0v) is 23.0. The Bertz CT molecular complexity index is 1050. The molecule has 1 aromatic heterocycles. The molecule has 1 aromatic rings. The molecular weight excluding hydrogens is 469 g/mol. The molecule has 0 radical (unpaired) electrons. The molecule has 1 rings (SSSR count). The molecule has 1 N–H and O–H groups in total. The quantitative estimate of drug-likeness (QED) is 0.108. The first-order valence-electron chi connectivity index (χ1n) is 12.8. The Kier molecular flexibility index (Phi) is 14.5. The summed E-state index contributed by atoms with van der Waals surface area (Å²) in [5.74, 6) is -0.133. The number of nitrogens with zero attached hydrogens (tertiary/aromatic N) is 5. The number of carbonyl (C=O) groups is 1. The van der Waals surface area contributed by atoms with Crippen LogP contribution in [0.4, 0.5) is 4.39 Å². The van der Waals surface area contributed by atoms with Crippen molar-refractivity contribution in [3.05, 3.63) is 84.4 Å². The van der Waals surface area contributed by atoms with Gasteiger partial charge in [-0.25, -0.2) is 14.1 Å². The van der Waals surface area contributed by atoms with Crippen molar-refractivity contribution in [1.29, 1.82) is 0 Å². The van der Waals surface area contributed by atoms with Gasteiger partial charge in [0.1, 0.15) is 5.84 Å². The number of carboxylic acid groups (broad SMARTS) is 1. The summed E-state index contributed by atoms with van der Waals surface area (Å²) in [6.45, 7) is 17.9. The van der Waals surface area contributed by atoms with Gasteiger partial charge in [0.2, 0.25) is 0 Å². The highest BCUT2D eigenvalue weighted by atomic mass is 19.1. The van der Waals surface area contributed by atoms with Crippen LogP contribution in [-0.4, -0.2) is 36.8 Å². The molecule has 0 fully saturated rings. The summed E-state index contributed by atoms with van der Waals surface area (Å²) in [7, 11) is 0. The van der Waals surface area contributed by atoms with Crippen molar-refractivity contribution in [3.63, 3.8) is 0 Å². The lowest BCUT2D eigenvalue weighted by Crippen LogP contribution is -2.24. The van der Waals surface area contributed by atoms with E-state index in [0.717, 1.165) is 29.8 Å². The first-order chi connectivity index (χ1) is 17.7. The molecule has 0 unspecified atom stereocenters. The SMILES string of the molecule is C=C/C(=C\C=C(/C)F)N(C=C)\C(CCCCC(=O)O)=N/C(=C/Cn1cc(C(CC)CC)nn1)C(/C)=C\C. The number of aliphatic carboxylic acids is 1. The van der Waals surface area contributed by atoms with Gasteiger partial charge in [-0.2, -0.15) is 0 Å². The van der Waals surface area contributed by atoms with Gasteiger partial charge in [0.15, 0.2) is 0 Å². The van der Waals surface area contributed by atoms with Crippen LogP contribution in [0.3, 0.4) is 0 Å². The van der Waals surface area contributed by atoms with Gasteiger partial charge in [0.25, 0.3) is 0 Å². The van der Waals surface area contributed by atoms with Gasteiger partial charge in [-0.15, -0.1) is 5.10 Å². The molecule has 7 nitrogen and oxygen atoms in total. The fourth-order valence-corrected chi connectivity index (χ4v) is 3.65. The Labute approximate surface area is 221 Å². The molecule has 0 bridgehead atoms. The molecule has 0 saturated heterocycles. The van der Waals surface area contributed by atoms with Crippen molar-refractivity contribution in [1.82, 2.24) is 19.9 Å². The van der Waals surface area contributed by atoms with E-state index in [4.69, 9.17) is 10.1 Å². The van der Waals surface area contributed by atoms with E-state index in [-0.39, 0.29) is 12.2 Å². The molecule has 202 valence electrons. The maximum Gasteiger partial charge on any atom is 0.303 e. The summed E-state index contributed by atoms with van der Waals surface area (Å²) in [5.41, 5.74) is 3.31. The van der Waals surface area contributed by atoms with Gasteiger partial charge in [-0.1, -0.05) is 38.3 Å². The number of unbranched alkanes of at least 4 members (excludes halogenated alkanes) is 1. The summed E-state index contributed by atoms with van der Waals surface area (Å²) in [6, 6.07) is 0. The Hall–Kier alpha value is -3.55. The van der Waals surface area contributed by atoms with Gasteiger partial charge >= 0.3 is 5.97 Å². The van der Waals surface area contributed by atoms with E-state index in [2.05, 4.69) is 37.3 Å². The van der Waals surface area contributed by atoms with Crippen molar-refractivity contribution in [2.24, 2.45) is 4.99 Å². The number of carboxylic acids is 1.